The summed E-state index contributed by atoms with van der Waals surface area (Å²) in [7, 11) is 1.54. The zero-order valence-electron chi connectivity index (χ0n) is 6.66. The Bertz CT molecular complexity index is 130. The Morgan fingerprint density at radius 3 is 2.55 bits per heavy atom. The van der Waals surface area contributed by atoms with Crippen LogP contribution in [0.2, 0.25) is 0 Å². The smallest absolute Gasteiger partial charge is 0.237 e. The zero-order chi connectivity index (χ0) is 8.85. The molecule has 0 aromatic heterocycles. The first kappa shape index (κ1) is 10.7. The Hall–Kier alpha value is -0.260. The van der Waals surface area contributed by atoms with Crippen LogP contribution in [0.15, 0.2) is 0 Å². The van der Waals surface area contributed by atoms with Gasteiger partial charge >= 0.3 is 0 Å². The minimum atomic E-state index is -0.690. The lowest BCUT2D eigenvalue weighted by Crippen LogP contribution is -2.47. The molecule has 0 aliphatic carbocycles. The van der Waals surface area contributed by atoms with E-state index in [-0.39, 0.29) is 5.91 Å². The van der Waals surface area contributed by atoms with Gasteiger partial charge in [0.25, 0.3) is 0 Å². The molecule has 0 heterocycles. The summed E-state index contributed by atoms with van der Waals surface area (Å²) in [5.41, 5.74) is 0. The number of hydrogen-bond donors (Lipinski definition) is 4. The fourth-order valence-corrected chi connectivity index (χ4v) is 0.948. The predicted molar refractivity (Wildman–Crippen MR) is 46.5 cm³/mol. The summed E-state index contributed by atoms with van der Waals surface area (Å²) in [5, 5.41) is 14.0. The van der Waals surface area contributed by atoms with Crippen LogP contribution in [0.25, 0.3) is 0 Å². The molecule has 66 valence electrons. The van der Waals surface area contributed by atoms with Crippen LogP contribution in [-0.4, -0.2) is 36.1 Å². The first-order chi connectivity index (χ1) is 5.11. The number of rotatable bonds is 4. The zero-order valence-corrected chi connectivity index (χ0v) is 7.56. The molecule has 2 atom stereocenters. The maximum absolute atomic E-state index is 10.9. The van der Waals surface area contributed by atoms with E-state index in [1.54, 1.807) is 14.0 Å². The summed E-state index contributed by atoms with van der Waals surface area (Å²) in [6, 6.07) is -0.427. The van der Waals surface area contributed by atoms with Gasteiger partial charge in [-0.05, 0) is 6.92 Å². The van der Waals surface area contributed by atoms with Crippen molar-refractivity contribution in [1.82, 2.24) is 10.6 Å². The highest BCUT2D eigenvalue weighted by atomic mass is 32.1. The molecule has 0 spiro atoms. The summed E-state index contributed by atoms with van der Waals surface area (Å²) in [4.78, 5) is 10.9. The molecule has 0 bridgehead atoms. The Morgan fingerprint density at radius 1 is 1.73 bits per heavy atom. The number of thiol groups is 1. The number of amides is 1. The van der Waals surface area contributed by atoms with E-state index in [1.165, 1.54) is 0 Å². The van der Waals surface area contributed by atoms with Crippen LogP contribution in [0.1, 0.15) is 6.92 Å². The van der Waals surface area contributed by atoms with E-state index in [4.69, 9.17) is 5.11 Å². The number of aliphatic hydroxyl groups is 1. The van der Waals surface area contributed by atoms with Crippen molar-refractivity contribution in [2.75, 3.05) is 12.8 Å². The largest absolute Gasteiger partial charge is 0.379 e. The van der Waals surface area contributed by atoms with E-state index in [0.717, 1.165) is 0 Å². The first-order valence-electron chi connectivity index (χ1n) is 3.38. The molecule has 4 nitrogen and oxygen atoms in total. The molecule has 0 saturated heterocycles. The number of aliphatic hydroxyl groups excluding tert-OH is 1. The van der Waals surface area contributed by atoms with Crippen molar-refractivity contribution < 1.29 is 9.90 Å². The Balaban J connectivity index is 3.84. The highest BCUT2D eigenvalue weighted by Gasteiger charge is 2.15. The van der Waals surface area contributed by atoms with E-state index in [2.05, 4.69) is 23.3 Å². The Labute approximate surface area is 71.8 Å². The van der Waals surface area contributed by atoms with Gasteiger partial charge in [0, 0.05) is 12.8 Å². The summed E-state index contributed by atoms with van der Waals surface area (Å²) >= 11 is 3.95. The summed E-state index contributed by atoms with van der Waals surface area (Å²) in [5.74, 6) is 0.200. The van der Waals surface area contributed by atoms with Crippen molar-refractivity contribution >= 4 is 18.5 Å². The molecular formula is C6H14N2O2S. The van der Waals surface area contributed by atoms with Gasteiger partial charge in [-0.2, -0.15) is 12.6 Å². The van der Waals surface area contributed by atoms with Crippen molar-refractivity contribution in [3.63, 3.8) is 0 Å². The van der Waals surface area contributed by atoms with Crippen LogP contribution in [-0.2, 0) is 4.79 Å². The molecular weight excluding hydrogens is 164 g/mol. The van der Waals surface area contributed by atoms with Crippen LogP contribution in [0, 0.1) is 0 Å². The molecule has 1 amide bonds. The van der Waals surface area contributed by atoms with E-state index in [1.807, 2.05) is 0 Å². The molecule has 5 heteroatoms. The maximum atomic E-state index is 10.9. The molecule has 0 aromatic carbocycles. The van der Waals surface area contributed by atoms with Crippen LogP contribution in [0.3, 0.4) is 0 Å². The van der Waals surface area contributed by atoms with Crippen LogP contribution >= 0.6 is 12.6 Å². The SMILES string of the molecule is CNC(=O)C(CS)NC(C)O. The van der Waals surface area contributed by atoms with E-state index in [9.17, 15) is 4.79 Å². The van der Waals surface area contributed by atoms with Crippen molar-refractivity contribution in [3.05, 3.63) is 0 Å². The quantitative estimate of drug-likeness (QED) is 0.328. The van der Waals surface area contributed by atoms with Gasteiger partial charge in [0.05, 0.1) is 6.04 Å². The van der Waals surface area contributed by atoms with Gasteiger partial charge < -0.3 is 10.4 Å². The summed E-state index contributed by atoms with van der Waals surface area (Å²) < 4.78 is 0. The normalized spacial score (nSPS) is 15.6. The molecule has 11 heavy (non-hydrogen) atoms. The lowest BCUT2D eigenvalue weighted by molar-refractivity contribution is -0.122. The molecule has 0 rings (SSSR count). The second-order valence-corrected chi connectivity index (χ2v) is 2.56. The van der Waals surface area contributed by atoms with E-state index < -0.39 is 12.3 Å². The van der Waals surface area contributed by atoms with Crippen molar-refractivity contribution in [1.29, 1.82) is 0 Å². The van der Waals surface area contributed by atoms with Gasteiger partial charge in [-0.15, -0.1) is 0 Å². The van der Waals surface area contributed by atoms with Gasteiger partial charge in [-0.3, -0.25) is 10.1 Å². The van der Waals surface area contributed by atoms with Crippen molar-refractivity contribution in [2.24, 2.45) is 0 Å². The van der Waals surface area contributed by atoms with E-state index in [0.29, 0.717) is 5.75 Å². The second kappa shape index (κ2) is 5.40. The molecule has 0 saturated carbocycles. The lowest BCUT2D eigenvalue weighted by Gasteiger charge is -2.16. The molecule has 0 radical (unpaired) electrons. The molecule has 3 N–H and O–H groups in total. The highest BCUT2D eigenvalue weighted by Crippen LogP contribution is 1.89. The van der Waals surface area contributed by atoms with Crippen LogP contribution < -0.4 is 10.6 Å². The number of carbonyl (C=O) groups excluding carboxylic acids is 1. The molecule has 0 fully saturated rings. The van der Waals surface area contributed by atoms with Gasteiger partial charge in [0.1, 0.15) is 6.23 Å². The molecule has 0 aliphatic heterocycles. The molecule has 0 aliphatic rings. The fraction of sp³-hybridized carbons (Fsp3) is 0.833. The lowest BCUT2D eigenvalue weighted by atomic mass is 10.3. The average Bonchev–Trinajstić information content (AvgIpc) is 1.98. The first-order valence-corrected chi connectivity index (χ1v) is 4.01. The van der Waals surface area contributed by atoms with Crippen molar-refractivity contribution in [3.8, 4) is 0 Å². The van der Waals surface area contributed by atoms with Crippen LogP contribution in [0.5, 0.6) is 0 Å². The van der Waals surface area contributed by atoms with Gasteiger partial charge in [-0.1, -0.05) is 0 Å². The predicted octanol–water partition coefficient (Wildman–Crippen LogP) is -1.04. The third-order valence-corrected chi connectivity index (χ3v) is 1.55. The Morgan fingerprint density at radius 2 is 2.27 bits per heavy atom. The second-order valence-electron chi connectivity index (χ2n) is 2.19. The van der Waals surface area contributed by atoms with Gasteiger partial charge in [0.15, 0.2) is 0 Å². The highest BCUT2D eigenvalue weighted by molar-refractivity contribution is 7.80. The van der Waals surface area contributed by atoms with E-state index >= 15 is 0 Å². The Kier molecular flexibility index (Phi) is 5.27. The topological polar surface area (TPSA) is 61.4 Å². The summed E-state index contributed by atoms with van der Waals surface area (Å²) in [6.45, 7) is 1.55. The maximum Gasteiger partial charge on any atom is 0.237 e. The number of carbonyl (C=O) groups is 1. The molecule has 0 aromatic rings. The van der Waals surface area contributed by atoms with Crippen molar-refractivity contribution in [2.45, 2.75) is 19.2 Å². The third kappa shape index (κ3) is 4.23. The minimum Gasteiger partial charge on any atom is -0.379 e. The average molecular weight is 178 g/mol. The third-order valence-electron chi connectivity index (χ3n) is 1.19. The number of likely N-dealkylation sites (N-methyl/N-ethyl adjacent to an activating group) is 1. The monoisotopic (exact) mass is 178 g/mol. The standard InChI is InChI=1S/C6H14N2O2S/c1-4(9)8-5(3-11)6(10)7-2/h4-5,8-9,11H,3H2,1-2H3,(H,7,10). The van der Waals surface area contributed by atoms with Gasteiger partial charge in [-0.25, -0.2) is 0 Å². The molecule has 2 unspecified atom stereocenters. The number of nitrogens with one attached hydrogen (secondary N) is 2. The fourth-order valence-electron chi connectivity index (χ4n) is 0.677. The minimum absolute atomic E-state index is 0.166. The summed E-state index contributed by atoms with van der Waals surface area (Å²) in [6.07, 6.45) is -0.690. The number of hydrogen-bond acceptors (Lipinski definition) is 4. The van der Waals surface area contributed by atoms with Gasteiger partial charge in [0.2, 0.25) is 5.91 Å². The van der Waals surface area contributed by atoms with Crippen LogP contribution in [0.4, 0.5) is 0 Å².